The van der Waals surface area contributed by atoms with Crippen molar-refractivity contribution >= 4 is 12.1 Å². The number of esters is 1. The van der Waals surface area contributed by atoms with Crippen LogP contribution in [0.3, 0.4) is 0 Å². The van der Waals surface area contributed by atoms with Gasteiger partial charge in [0.15, 0.2) is 6.61 Å². The smallest absolute Gasteiger partial charge is 0.408 e. The maximum Gasteiger partial charge on any atom is 0.408 e. The van der Waals surface area contributed by atoms with Crippen molar-refractivity contribution in [2.24, 2.45) is 0 Å². The van der Waals surface area contributed by atoms with E-state index in [9.17, 15) is 9.59 Å². The van der Waals surface area contributed by atoms with E-state index >= 15 is 0 Å². The molecule has 0 aliphatic heterocycles. The summed E-state index contributed by atoms with van der Waals surface area (Å²) in [6, 6.07) is 9.28. The van der Waals surface area contributed by atoms with Crippen LogP contribution in [0, 0.1) is 22.7 Å². The van der Waals surface area contributed by atoms with Gasteiger partial charge in [-0.25, -0.2) is 9.59 Å². The number of nitriles is 2. The molecule has 1 rings (SSSR count). The fourth-order valence-corrected chi connectivity index (χ4v) is 1.80. The van der Waals surface area contributed by atoms with Crippen LogP contribution < -0.4 is 5.32 Å². The lowest BCUT2D eigenvalue weighted by atomic mass is 10.0. The molecule has 0 aromatic heterocycles. The number of alkyl carbamates (subject to hydrolysis) is 1. The third-order valence-electron chi connectivity index (χ3n) is 2.78. The average molecular weight is 329 g/mol. The molecule has 1 amide bonds. The van der Waals surface area contributed by atoms with Gasteiger partial charge in [-0.3, -0.25) is 0 Å². The van der Waals surface area contributed by atoms with Crippen LogP contribution in [-0.4, -0.2) is 30.3 Å². The van der Waals surface area contributed by atoms with Gasteiger partial charge in [0.1, 0.15) is 17.7 Å². The van der Waals surface area contributed by atoms with E-state index in [-0.39, 0.29) is 6.42 Å². The summed E-state index contributed by atoms with van der Waals surface area (Å²) >= 11 is 0. The molecule has 0 heterocycles. The Morgan fingerprint density at radius 1 is 1.21 bits per heavy atom. The summed E-state index contributed by atoms with van der Waals surface area (Å²) in [5.41, 5.74) is 0.506. The Hall–Kier alpha value is -3.06. The second-order valence-electron chi connectivity index (χ2n) is 5.98. The van der Waals surface area contributed by atoms with Crippen molar-refractivity contribution in [2.75, 3.05) is 6.61 Å². The molecular weight excluding hydrogens is 310 g/mol. The number of benzene rings is 1. The number of nitrogens with one attached hydrogen (secondary N) is 1. The van der Waals surface area contributed by atoms with Crippen LogP contribution in [0.15, 0.2) is 24.3 Å². The van der Waals surface area contributed by atoms with Crippen LogP contribution in [0.2, 0.25) is 0 Å². The van der Waals surface area contributed by atoms with Crippen LogP contribution in [0.5, 0.6) is 0 Å². The van der Waals surface area contributed by atoms with Crippen molar-refractivity contribution < 1.29 is 19.1 Å². The third-order valence-corrected chi connectivity index (χ3v) is 2.78. The Labute approximate surface area is 140 Å². The lowest BCUT2D eigenvalue weighted by Crippen LogP contribution is -2.45. The Balaban J connectivity index is 2.84. The van der Waals surface area contributed by atoms with Gasteiger partial charge in [0.25, 0.3) is 0 Å². The standard InChI is InChI=1S/C17H19N3O4/c1-17(2,3)24-16(22)20-14(15(21)23-9-8-18)10-12-4-6-13(11-19)7-5-12/h4-7,14H,9-10H2,1-3H3,(H,20,22)/t14-/m0/s1. The first kappa shape index (κ1) is 19.0. The molecule has 0 radical (unpaired) electrons. The fraction of sp³-hybridized carbons (Fsp3) is 0.412. The number of carbonyl (C=O) groups excluding carboxylic acids is 2. The van der Waals surface area contributed by atoms with Gasteiger partial charge >= 0.3 is 12.1 Å². The fourth-order valence-electron chi connectivity index (χ4n) is 1.80. The number of carbonyl (C=O) groups is 2. The Bertz CT molecular complexity index is 663. The summed E-state index contributed by atoms with van der Waals surface area (Å²) in [6.07, 6.45) is -0.607. The van der Waals surface area contributed by atoms with Gasteiger partial charge in [-0.1, -0.05) is 12.1 Å². The van der Waals surface area contributed by atoms with Crippen LogP contribution in [0.1, 0.15) is 31.9 Å². The highest BCUT2D eigenvalue weighted by Gasteiger charge is 2.25. The minimum Gasteiger partial charge on any atom is -0.449 e. The zero-order valence-electron chi connectivity index (χ0n) is 13.8. The van der Waals surface area contributed by atoms with Crippen molar-refractivity contribution in [2.45, 2.75) is 38.8 Å². The van der Waals surface area contributed by atoms with Crippen molar-refractivity contribution in [1.29, 1.82) is 10.5 Å². The first-order chi connectivity index (χ1) is 11.2. The van der Waals surface area contributed by atoms with E-state index in [1.807, 2.05) is 6.07 Å². The van der Waals surface area contributed by atoms with E-state index in [0.717, 1.165) is 5.56 Å². The molecule has 7 heteroatoms. The largest absolute Gasteiger partial charge is 0.449 e. The third kappa shape index (κ3) is 6.80. The molecule has 0 aliphatic rings. The minimum absolute atomic E-state index is 0.148. The predicted octanol–water partition coefficient (Wildman–Crippen LogP) is 2.06. The number of amides is 1. The highest BCUT2D eigenvalue weighted by molar-refractivity contribution is 5.81. The van der Waals surface area contributed by atoms with Crippen molar-refractivity contribution in [3.63, 3.8) is 0 Å². The summed E-state index contributed by atoms with van der Waals surface area (Å²) in [5.74, 6) is -0.730. The second kappa shape index (κ2) is 8.54. The highest BCUT2D eigenvalue weighted by atomic mass is 16.6. The van der Waals surface area contributed by atoms with Gasteiger partial charge in [0.2, 0.25) is 0 Å². The quantitative estimate of drug-likeness (QED) is 0.827. The lowest BCUT2D eigenvalue weighted by molar-refractivity contribution is -0.144. The summed E-state index contributed by atoms with van der Waals surface area (Å²) in [7, 11) is 0. The SMILES string of the molecule is CC(C)(C)OC(=O)N[C@@H](Cc1ccc(C#N)cc1)C(=O)OCC#N. The van der Waals surface area contributed by atoms with Crippen LogP contribution in [0.25, 0.3) is 0 Å². The molecule has 7 nitrogen and oxygen atoms in total. The van der Waals surface area contributed by atoms with Gasteiger partial charge in [-0.15, -0.1) is 0 Å². The van der Waals surface area contributed by atoms with Gasteiger partial charge < -0.3 is 14.8 Å². The zero-order chi connectivity index (χ0) is 18.2. The predicted molar refractivity (Wildman–Crippen MR) is 84.6 cm³/mol. The average Bonchev–Trinajstić information content (AvgIpc) is 2.50. The van der Waals surface area contributed by atoms with Crippen molar-refractivity contribution in [3.8, 4) is 12.1 Å². The number of ether oxygens (including phenoxy) is 2. The van der Waals surface area contributed by atoms with Crippen molar-refractivity contribution in [3.05, 3.63) is 35.4 Å². The molecule has 0 bridgehead atoms. The monoisotopic (exact) mass is 329 g/mol. The van der Waals surface area contributed by atoms with Crippen LogP contribution in [0.4, 0.5) is 4.79 Å². The first-order valence-corrected chi connectivity index (χ1v) is 7.27. The highest BCUT2D eigenvalue weighted by Crippen LogP contribution is 2.10. The molecule has 0 fully saturated rings. The van der Waals surface area contributed by atoms with E-state index in [0.29, 0.717) is 5.56 Å². The minimum atomic E-state index is -0.999. The lowest BCUT2D eigenvalue weighted by Gasteiger charge is -2.22. The second-order valence-corrected chi connectivity index (χ2v) is 5.98. The first-order valence-electron chi connectivity index (χ1n) is 7.27. The maximum absolute atomic E-state index is 12.0. The Kier molecular flexibility index (Phi) is 6.76. The molecule has 1 aromatic carbocycles. The van der Waals surface area contributed by atoms with Crippen LogP contribution >= 0.6 is 0 Å². The molecule has 24 heavy (non-hydrogen) atoms. The van der Waals surface area contributed by atoms with Gasteiger partial charge in [-0.2, -0.15) is 10.5 Å². The molecule has 0 saturated heterocycles. The molecule has 1 atom stereocenters. The molecule has 0 unspecified atom stereocenters. The normalized spacial score (nSPS) is 11.5. The zero-order valence-corrected chi connectivity index (χ0v) is 13.8. The van der Waals surface area contributed by atoms with E-state index in [2.05, 4.69) is 5.32 Å². The number of rotatable bonds is 5. The topological polar surface area (TPSA) is 112 Å². The van der Waals surface area contributed by atoms with Gasteiger partial charge in [0, 0.05) is 6.42 Å². The molecule has 126 valence electrons. The van der Waals surface area contributed by atoms with E-state index < -0.39 is 30.3 Å². The molecule has 0 spiro atoms. The number of hydrogen-bond acceptors (Lipinski definition) is 6. The Morgan fingerprint density at radius 3 is 2.33 bits per heavy atom. The van der Waals surface area contributed by atoms with E-state index in [4.69, 9.17) is 20.0 Å². The summed E-state index contributed by atoms with van der Waals surface area (Å²) in [6.45, 7) is 4.71. The van der Waals surface area contributed by atoms with E-state index in [1.165, 1.54) is 0 Å². The van der Waals surface area contributed by atoms with E-state index in [1.54, 1.807) is 51.1 Å². The van der Waals surface area contributed by atoms with Gasteiger partial charge in [0.05, 0.1) is 11.6 Å². The molecule has 0 saturated carbocycles. The molecule has 0 aliphatic carbocycles. The molecule has 1 N–H and O–H groups in total. The summed E-state index contributed by atoms with van der Waals surface area (Å²) in [4.78, 5) is 23.9. The van der Waals surface area contributed by atoms with Gasteiger partial charge in [-0.05, 0) is 38.5 Å². The molecular formula is C17H19N3O4. The molecule has 1 aromatic rings. The number of nitrogens with zero attached hydrogens (tertiary/aromatic N) is 2. The maximum atomic E-state index is 12.0. The van der Waals surface area contributed by atoms with Crippen molar-refractivity contribution in [1.82, 2.24) is 5.32 Å². The summed E-state index contributed by atoms with van der Waals surface area (Å²) < 4.78 is 9.91. The summed E-state index contributed by atoms with van der Waals surface area (Å²) in [5, 5.41) is 19.8. The Morgan fingerprint density at radius 2 is 1.83 bits per heavy atom. The number of hydrogen-bond donors (Lipinski definition) is 1. The van der Waals surface area contributed by atoms with Crippen LogP contribution in [-0.2, 0) is 20.7 Å².